The Morgan fingerprint density at radius 1 is 1.38 bits per heavy atom. The molecule has 3 rings (SSSR count). The Labute approximate surface area is 127 Å². The fraction of sp³-hybridized carbons (Fsp3) is 0.357. The van der Waals surface area contributed by atoms with Gasteiger partial charge < -0.3 is 5.32 Å². The number of thiazole rings is 1. The van der Waals surface area contributed by atoms with E-state index in [1.165, 1.54) is 0 Å². The number of nitrogens with zero attached hydrogens (tertiary/aromatic N) is 5. The van der Waals surface area contributed by atoms with Crippen molar-refractivity contribution in [2.24, 2.45) is 7.05 Å². The summed E-state index contributed by atoms with van der Waals surface area (Å²) in [6, 6.07) is 2.28. The first kappa shape index (κ1) is 14.0. The second-order valence-electron chi connectivity index (χ2n) is 5.06. The van der Waals surface area contributed by atoms with E-state index < -0.39 is 0 Å². The van der Waals surface area contributed by atoms with E-state index >= 15 is 0 Å². The zero-order chi connectivity index (χ0) is 14.7. The SMILES string of the molecule is C[C@@H](Cn1cccn1)NCc1csc(-c2cnn(C)c2)n1. The monoisotopic (exact) mass is 302 g/mol. The van der Waals surface area contributed by atoms with Gasteiger partial charge in [0.1, 0.15) is 5.01 Å². The van der Waals surface area contributed by atoms with Crippen molar-refractivity contribution in [2.45, 2.75) is 26.1 Å². The largest absolute Gasteiger partial charge is 0.307 e. The Bertz CT molecular complexity index is 684. The summed E-state index contributed by atoms with van der Waals surface area (Å²) in [4.78, 5) is 4.64. The summed E-state index contributed by atoms with van der Waals surface area (Å²) in [6.07, 6.45) is 7.60. The summed E-state index contributed by atoms with van der Waals surface area (Å²) in [5.41, 5.74) is 2.13. The first-order valence-corrected chi connectivity index (χ1v) is 7.73. The van der Waals surface area contributed by atoms with Gasteiger partial charge in [0.2, 0.25) is 0 Å². The van der Waals surface area contributed by atoms with Crippen molar-refractivity contribution in [2.75, 3.05) is 0 Å². The molecule has 0 saturated heterocycles. The third kappa shape index (κ3) is 3.56. The molecule has 110 valence electrons. The van der Waals surface area contributed by atoms with Gasteiger partial charge in [0.25, 0.3) is 0 Å². The van der Waals surface area contributed by atoms with Crippen molar-refractivity contribution >= 4 is 11.3 Å². The van der Waals surface area contributed by atoms with Gasteiger partial charge in [-0.25, -0.2) is 4.98 Å². The molecule has 0 bridgehead atoms. The van der Waals surface area contributed by atoms with Crippen LogP contribution in [-0.4, -0.2) is 30.6 Å². The van der Waals surface area contributed by atoms with E-state index in [1.54, 1.807) is 22.2 Å². The standard InChI is InChI=1S/C14H18N6S/c1-11(8-20-5-3-4-16-20)15-7-13-10-21-14(18-13)12-6-17-19(2)9-12/h3-6,9-11,15H,7-8H2,1-2H3/t11-/m0/s1. The average molecular weight is 302 g/mol. The third-order valence-corrected chi connectivity index (χ3v) is 4.10. The molecule has 6 nitrogen and oxygen atoms in total. The van der Waals surface area contributed by atoms with Crippen molar-refractivity contribution in [1.29, 1.82) is 0 Å². The molecular weight excluding hydrogens is 284 g/mol. The van der Waals surface area contributed by atoms with Gasteiger partial charge in [-0.15, -0.1) is 11.3 Å². The fourth-order valence-corrected chi connectivity index (χ4v) is 2.88. The first-order valence-electron chi connectivity index (χ1n) is 6.85. The van der Waals surface area contributed by atoms with Crippen LogP contribution >= 0.6 is 11.3 Å². The highest BCUT2D eigenvalue weighted by molar-refractivity contribution is 7.13. The van der Waals surface area contributed by atoms with Gasteiger partial charge >= 0.3 is 0 Å². The van der Waals surface area contributed by atoms with Gasteiger partial charge in [-0.2, -0.15) is 10.2 Å². The smallest absolute Gasteiger partial charge is 0.126 e. The number of hydrogen-bond acceptors (Lipinski definition) is 5. The molecule has 0 fully saturated rings. The molecule has 0 aliphatic heterocycles. The summed E-state index contributed by atoms with van der Waals surface area (Å²) < 4.78 is 3.72. The van der Waals surface area contributed by atoms with Crippen LogP contribution in [-0.2, 0) is 20.1 Å². The van der Waals surface area contributed by atoms with Crippen LogP contribution in [0.1, 0.15) is 12.6 Å². The lowest BCUT2D eigenvalue weighted by atomic mass is 10.3. The van der Waals surface area contributed by atoms with Gasteiger partial charge in [0, 0.05) is 49.2 Å². The Morgan fingerprint density at radius 3 is 3.00 bits per heavy atom. The van der Waals surface area contributed by atoms with E-state index in [4.69, 9.17) is 0 Å². The summed E-state index contributed by atoms with van der Waals surface area (Å²) >= 11 is 1.65. The lowest BCUT2D eigenvalue weighted by molar-refractivity contribution is 0.449. The van der Waals surface area contributed by atoms with E-state index in [0.717, 1.165) is 29.4 Å². The molecule has 0 aromatic carbocycles. The maximum atomic E-state index is 4.64. The average Bonchev–Trinajstić information content (AvgIpc) is 3.17. The van der Waals surface area contributed by atoms with E-state index in [-0.39, 0.29) is 0 Å². The molecule has 0 unspecified atom stereocenters. The summed E-state index contributed by atoms with van der Waals surface area (Å²) in [7, 11) is 1.91. The zero-order valence-electron chi connectivity index (χ0n) is 12.1. The van der Waals surface area contributed by atoms with Crippen LogP contribution in [0.15, 0.2) is 36.2 Å². The number of nitrogens with one attached hydrogen (secondary N) is 1. The van der Waals surface area contributed by atoms with E-state index in [0.29, 0.717) is 6.04 Å². The molecular formula is C14H18N6S. The molecule has 1 atom stereocenters. The molecule has 0 radical (unpaired) electrons. The number of aryl methyl sites for hydroxylation is 1. The molecule has 0 aliphatic carbocycles. The second-order valence-corrected chi connectivity index (χ2v) is 5.91. The predicted molar refractivity (Wildman–Crippen MR) is 82.8 cm³/mol. The lowest BCUT2D eigenvalue weighted by Crippen LogP contribution is -2.30. The minimum Gasteiger partial charge on any atom is -0.307 e. The fourth-order valence-electron chi connectivity index (χ4n) is 2.08. The zero-order valence-corrected chi connectivity index (χ0v) is 12.9. The number of rotatable bonds is 6. The molecule has 0 aliphatic rings. The Morgan fingerprint density at radius 2 is 2.29 bits per heavy atom. The van der Waals surface area contributed by atoms with E-state index in [9.17, 15) is 0 Å². The van der Waals surface area contributed by atoms with E-state index in [1.807, 2.05) is 36.4 Å². The first-order chi connectivity index (χ1) is 10.2. The van der Waals surface area contributed by atoms with Crippen molar-refractivity contribution < 1.29 is 0 Å². The van der Waals surface area contributed by atoms with E-state index in [2.05, 4.69) is 32.8 Å². The number of aromatic nitrogens is 5. The molecule has 21 heavy (non-hydrogen) atoms. The topological polar surface area (TPSA) is 60.6 Å². The van der Waals surface area contributed by atoms with Gasteiger partial charge in [-0.3, -0.25) is 9.36 Å². The molecule has 3 heterocycles. The van der Waals surface area contributed by atoms with Crippen molar-refractivity contribution in [3.05, 3.63) is 41.9 Å². The molecule has 3 aromatic heterocycles. The highest BCUT2D eigenvalue weighted by Crippen LogP contribution is 2.22. The van der Waals surface area contributed by atoms with Crippen LogP contribution in [0.4, 0.5) is 0 Å². The molecule has 0 spiro atoms. The minimum atomic E-state index is 0.341. The Kier molecular flexibility index (Phi) is 4.12. The van der Waals surface area contributed by atoms with Crippen LogP contribution in [0, 0.1) is 0 Å². The van der Waals surface area contributed by atoms with Crippen molar-refractivity contribution in [3.63, 3.8) is 0 Å². The third-order valence-electron chi connectivity index (χ3n) is 3.16. The van der Waals surface area contributed by atoms with Gasteiger partial charge in [-0.05, 0) is 13.0 Å². The van der Waals surface area contributed by atoms with Crippen molar-refractivity contribution in [1.82, 2.24) is 29.9 Å². The maximum absolute atomic E-state index is 4.64. The minimum absolute atomic E-state index is 0.341. The van der Waals surface area contributed by atoms with Crippen LogP contribution in [0.5, 0.6) is 0 Å². The Balaban J connectivity index is 1.55. The maximum Gasteiger partial charge on any atom is 0.126 e. The highest BCUT2D eigenvalue weighted by Gasteiger charge is 2.08. The Hall–Kier alpha value is -1.99. The molecule has 1 N–H and O–H groups in total. The summed E-state index contributed by atoms with van der Waals surface area (Å²) in [6.45, 7) is 3.77. The molecule has 0 saturated carbocycles. The van der Waals surface area contributed by atoms with Gasteiger partial charge in [0.15, 0.2) is 0 Å². The quantitative estimate of drug-likeness (QED) is 0.756. The summed E-state index contributed by atoms with van der Waals surface area (Å²) in [5.74, 6) is 0. The molecule has 7 heteroatoms. The van der Waals surface area contributed by atoms with Crippen LogP contribution in [0.3, 0.4) is 0 Å². The second kappa shape index (κ2) is 6.19. The van der Waals surface area contributed by atoms with Gasteiger partial charge in [0.05, 0.1) is 18.4 Å². The normalized spacial score (nSPS) is 12.7. The van der Waals surface area contributed by atoms with Crippen LogP contribution in [0.25, 0.3) is 10.6 Å². The predicted octanol–water partition coefficient (Wildman–Crippen LogP) is 1.92. The van der Waals surface area contributed by atoms with Gasteiger partial charge in [-0.1, -0.05) is 0 Å². The summed E-state index contributed by atoms with van der Waals surface area (Å²) in [5, 5.41) is 15.0. The van der Waals surface area contributed by atoms with Crippen LogP contribution in [0.2, 0.25) is 0 Å². The number of hydrogen-bond donors (Lipinski definition) is 1. The highest BCUT2D eigenvalue weighted by atomic mass is 32.1. The van der Waals surface area contributed by atoms with Crippen molar-refractivity contribution in [3.8, 4) is 10.6 Å². The lowest BCUT2D eigenvalue weighted by Gasteiger charge is -2.12. The molecule has 0 amide bonds. The van der Waals surface area contributed by atoms with Crippen LogP contribution < -0.4 is 5.32 Å². The molecule has 3 aromatic rings.